The van der Waals surface area contributed by atoms with E-state index in [0.717, 1.165) is 35.7 Å². The summed E-state index contributed by atoms with van der Waals surface area (Å²) in [5, 5.41) is 2.95. The first kappa shape index (κ1) is 21.8. The average Bonchev–Trinajstić information content (AvgIpc) is 3.22. The Balaban J connectivity index is 1.89. The lowest BCUT2D eigenvalue weighted by atomic mass is 10.1. The van der Waals surface area contributed by atoms with E-state index in [2.05, 4.69) is 15.2 Å². The van der Waals surface area contributed by atoms with Crippen LogP contribution >= 0.6 is 0 Å². The van der Waals surface area contributed by atoms with E-state index in [0.29, 0.717) is 5.56 Å². The Kier molecular flexibility index (Phi) is 6.44. The maximum absolute atomic E-state index is 13.4. The number of aryl methyl sites for hydroxylation is 1. The largest absolute Gasteiger partial charge is 0.357 e. The zero-order chi connectivity index (χ0) is 21.9. The summed E-state index contributed by atoms with van der Waals surface area (Å²) in [5.41, 5.74) is 2.90. The number of aromatic nitrogens is 1. The van der Waals surface area contributed by atoms with Gasteiger partial charge in [-0.15, -0.1) is 0 Å². The monoisotopic (exact) mass is 408 g/mol. The van der Waals surface area contributed by atoms with Crippen LogP contribution in [0.5, 0.6) is 0 Å². The highest BCUT2D eigenvalue weighted by Gasteiger charge is 2.25. The molecule has 1 saturated heterocycles. The Morgan fingerprint density at radius 3 is 2.40 bits per heavy atom. The van der Waals surface area contributed by atoms with Crippen LogP contribution < -0.4 is 15.1 Å². The van der Waals surface area contributed by atoms with Gasteiger partial charge >= 0.3 is 0 Å². The van der Waals surface area contributed by atoms with Gasteiger partial charge in [0, 0.05) is 30.5 Å². The van der Waals surface area contributed by atoms with Crippen LogP contribution in [-0.2, 0) is 4.79 Å². The molecule has 0 saturated carbocycles. The van der Waals surface area contributed by atoms with Gasteiger partial charge in [-0.2, -0.15) is 0 Å². The minimum absolute atomic E-state index is 0.0473. The molecule has 1 fully saturated rings. The van der Waals surface area contributed by atoms with Gasteiger partial charge < -0.3 is 10.2 Å². The molecule has 30 heavy (non-hydrogen) atoms. The molecule has 3 rings (SSSR count). The summed E-state index contributed by atoms with van der Waals surface area (Å²) in [4.78, 5) is 34.4. The number of pyridine rings is 1. The van der Waals surface area contributed by atoms with E-state index in [-0.39, 0.29) is 23.9 Å². The fourth-order valence-electron chi connectivity index (χ4n) is 3.70. The van der Waals surface area contributed by atoms with Gasteiger partial charge in [0.2, 0.25) is 5.91 Å². The van der Waals surface area contributed by atoms with Crippen LogP contribution in [0.3, 0.4) is 0 Å². The normalized spacial score (nSPS) is 14.0. The zero-order valence-electron chi connectivity index (χ0n) is 18.7. The molecule has 0 unspecified atom stereocenters. The fourth-order valence-corrected chi connectivity index (χ4v) is 3.70. The van der Waals surface area contributed by atoms with Gasteiger partial charge in [-0.05, 0) is 76.8 Å². The number of hydrogen-bond acceptors (Lipinski definition) is 4. The van der Waals surface area contributed by atoms with Crippen molar-refractivity contribution in [1.82, 2.24) is 10.3 Å². The Labute approximate surface area is 179 Å². The summed E-state index contributed by atoms with van der Waals surface area (Å²) in [6.07, 6.45) is 3.97. The van der Waals surface area contributed by atoms with Crippen molar-refractivity contribution in [3.8, 4) is 0 Å². The zero-order valence-corrected chi connectivity index (χ0v) is 18.7. The van der Waals surface area contributed by atoms with Crippen LogP contribution in [0.4, 0.5) is 11.5 Å². The minimum atomic E-state index is -0.369. The molecule has 0 atom stereocenters. The van der Waals surface area contributed by atoms with E-state index >= 15 is 0 Å². The molecule has 6 nitrogen and oxygen atoms in total. The van der Waals surface area contributed by atoms with Crippen LogP contribution in [0.25, 0.3) is 0 Å². The van der Waals surface area contributed by atoms with Crippen molar-refractivity contribution in [2.24, 2.45) is 0 Å². The van der Waals surface area contributed by atoms with Crippen LogP contribution in [0, 0.1) is 13.8 Å². The molecule has 1 aliphatic heterocycles. The number of benzene rings is 1. The molecular formula is C24H32N4O2. The van der Waals surface area contributed by atoms with Crippen molar-refractivity contribution in [2.45, 2.75) is 53.0 Å². The van der Waals surface area contributed by atoms with E-state index in [1.54, 1.807) is 11.1 Å². The molecule has 0 spiro atoms. The fraction of sp³-hybridized carbons (Fsp3) is 0.458. The van der Waals surface area contributed by atoms with Gasteiger partial charge in [-0.1, -0.05) is 12.1 Å². The van der Waals surface area contributed by atoms with Crippen molar-refractivity contribution >= 4 is 23.3 Å². The third-order valence-electron chi connectivity index (χ3n) is 5.35. The van der Waals surface area contributed by atoms with Gasteiger partial charge in [0.15, 0.2) is 0 Å². The van der Waals surface area contributed by atoms with Crippen LogP contribution in [0.15, 0.2) is 36.5 Å². The first-order valence-corrected chi connectivity index (χ1v) is 10.6. The summed E-state index contributed by atoms with van der Waals surface area (Å²) in [7, 11) is 0. The summed E-state index contributed by atoms with van der Waals surface area (Å²) in [5.74, 6) is 0.472. The number of carbonyl (C=O) groups excluding carboxylic acids is 2. The molecule has 0 bridgehead atoms. The highest BCUT2D eigenvalue weighted by atomic mass is 16.2. The second-order valence-corrected chi connectivity index (χ2v) is 9.01. The molecule has 6 heteroatoms. The van der Waals surface area contributed by atoms with Gasteiger partial charge in [-0.3, -0.25) is 14.5 Å². The van der Waals surface area contributed by atoms with Crippen molar-refractivity contribution in [3.63, 3.8) is 0 Å². The quantitative estimate of drug-likeness (QED) is 0.816. The van der Waals surface area contributed by atoms with Gasteiger partial charge in [0.1, 0.15) is 12.4 Å². The van der Waals surface area contributed by atoms with Gasteiger partial charge in [-0.25, -0.2) is 4.98 Å². The molecule has 2 aromatic rings. The predicted octanol–water partition coefficient (Wildman–Crippen LogP) is 3.86. The molecule has 1 aliphatic rings. The number of rotatable bonds is 5. The Bertz CT molecular complexity index is 910. The van der Waals surface area contributed by atoms with Crippen molar-refractivity contribution in [2.75, 3.05) is 29.4 Å². The number of nitrogens with one attached hydrogen (secondary N) is 1. The molecule has 2 heterocycles. The first-order valence-electron chi connectivity index (χ1n) is 10.6. The first-order chi connectivity index (χ1) is 14.2. The van der Waals surface area contributed by atoms with E-state index in [4.69, 9.17) is 0 Å². The SMILES string of the molecule is Cc1cccc(N(CC(=O)NC(C)(C)C)C(=O)c2ccc(N3CCCC3)nc2)c1C. The third-order valence-corrected chi connectivity index (χ3v) is 5.35. The highest BCUT2D eigenvalue weighted by Crippen LogP contribution is 2.25. The Morgan fingerprint density at radius 1 is 1.10 bits per heavy atom. The highest BCUT2D eigenvalue weighted by molar-refractivity contribution is 6.09. The molecule has 160 valence electrons. The lowest BCUT2D eigenvalue weighted by Gasteiger charge is -2.27. The molecule has 1 aromatic heterocycles. The summed E-state index contributed by atoms with van der Waals surface area (Å²) < 4.78 is 0. The summed E-state index contributed by atoms with van der Waals surface area (Å²) >= 11 is 0. The number of anilines is 2. The van der Waals surface area contributed by atoms with E-state index in [1.165, 1.54) is 12.8 Å². The molecule has 1 aromatic carbocycles. The summed E-state index contributed by atoms with van der Waals surface area (Å²) in [6, 6.07) is 9.51. The minimum Gasteiger partial charge on any atom is -0.357 e. The van der Waals surface area contributed by atoms with E-state index < -0.39 is 0 Å². The third kappa shape index (κ3) is 5.17. The lowest BCUT2D eigenvalue weighted by molar-refractivity contribution is -0.121. The Hall–Kier alpha value is -2.89. The van der Waals surface area contributed by atoms with E-state index in [1.807, 2.05) is 65.0 Å². The topological polar surface area (TPSA) is 65.5 Å². The summed E-state index contributed by atoms with van der Waals surface area (Å²) in [6.45, 7) is 11.7. The predicted molar refractivity (Wildman–Crippen MR) is 121 cm³/mol. The second-order valence-electron chi connectivity index (χ2n) is 9.01. The molecular weight excluding hydrogens is 376 g/mol. The Morgan fingerprint density at radius 2 is 1.80 bits per heavy atom. The maximum atomic E-state index is 13.4. The van der Waals surface area contributed by atoms with Crippen molar-refractivity contribution < 1.29 is 9.59 Å². The number of amides is 2. The average molecular weight is 409 g/mol. The standard InChI is InChI=1S/C24H32N4O2/c1-17-9-8-10-20(18(17)2)28(16-22(29)26-24(3,4)5)23(30)19-11-12-21(25-15-19)27-13-6-7-14-27/h8-12,15H,6-7,13-14,16H2,1-5H3,(H,26,29). The van der Waals surface area contributed by atoms with Crippen LogP contribution in [-0.4, -0.2) is 42.0 Å². The number of hydrogen-bond donors (Lipinski definition) is 1. The smallest absolute Gasteiger partial charge is 0.260 e. The molecule has 1 N–H and O–H groups in total. The maximum Gasteiger partial charge on any atom is 0.260 e. The number of carbonyl (C=O) groups is 2. The molecule has 0 radical (unpaired) electrons. The van der Waals surface area contributed by atoms with Gasteiger partial charge in [0.25, 0.3) is 5.91 Å². The van der Waals surface area contributed by atoms with Gasteiger partial charge in [0.05, 0.1) is 5.56 Å². The van der Waals surface area contributed by atoms with Crippen LogP contribution in [0.2, 0.25) is 0 Å². The lowest BCUT2D eigenvalue weighted by Crippen LogP contribution is -2.47. The van der Waals surface area contributed by atoms with Crippen molar-refractivity contribution in [3.05, 3.63) is 53.2 Å². The van der Waals surface area contributed by atoms with Crippen LogP contribution in [0.1, 0.15) is 55.1 Å². The van der Waals surface area contributed by atoms with E-state index in [9.17, 15) is 9.59 Å². The molecule has 0 aliphatic carbocycles. The van der Waals surface area contributed by atoms with Crippen molar-refractivity contribution in [1.29, 1.82) is 0 Å². The second kappa shape index (κ2) is 8.86. The molecule has 2 amide bonds. The number of nitrogens with zero attached hydrogens (tertiary/aromatic N) is 3.